The van der Waals surface area contributed by atoms with Gasteiger partial charge in [0.05, 0.1) is 12.2 Å². The second-order valence-corrected chi connectivity index (χ2v) is 9.70. The summed E-state index contributed by atoms with van der Waals surface area (Å²) in [6.07, 6.45) is -2.90. The summed E-state index contributed by atoms with van der Waals surface area (Å²) in [5.41, 5.74) is -0.0188. The number of likely N-dealkylation sites (N-methyl/N-ethyl adjacent to an activating group) is 1. The minimum atomic E-state index is -4.55. The number of alkyl halides is 3. The first kappa shape index (κ1) is 24.1. The Kier molecular flexibility index (Phi) is 6.36. The molecule has 1 N–H and O–H groups in total. The predicted octanol–water partition coefficient (Wildman–Crippen LogP) is 2.58. The zero-order valence-corrected chi connectivity index (χ0v) is 19.8. The molecule has 2 aliphatic rings. The fraction of sp³-hybridized carbons (Fsp3) is 0.591. The van der Waals surface area contributed by atoms with Crippen molar-refractivity contribution in [2.45, 2.75) is 39.9 Å². The van der Waals surface area contributed by atoms with Crippen molar-refractivity contribution in [1.29, 1.82) is 0 Å². The molecule has 0 radical (unpaired) electrons. The Bertz CT molecular complexity index is 1060. The van der Waals surface area contributed by atoms with Crippen LogP contribution in [0.1, 0.15) is 37.7 Å². The van der Waals surface area contributed by atoms with E-state index in [2.05, 4.69) is 37.1 Å². The van der Waals surface area contributed by atoms with Crippen molar-refractivity contribution in [2.24, 2.45) is 5.41 Å². The summed E-state index contributed by atoms with van der Waals surface area (Å²) >= 11 is 0. The number of halogens is 3. The molecule has 2 aromatic heterocycles. The van der Waals surface area contributed by atoms with E-state index in [1.807, 2.05) is 0 Å². The van der Waals surface area contributed by atoms with Crippen LogP contribution in [0.3, 0.4) is 0 Å². The number of nitrogens with one attached hydrogen (secondary N) is 1. The Morgan fingerprint density at radius 1 is 1.00 bits per heavy atom. The molecule has 0 saturated carbocycles. The van der Waals surface area contributed by atoms with E-state index in [0.29, 0.717) is 18.7 Å². The van der Waals surface area contributed by atoms with Crippen LogP contribution in [-0.4, -0.2) is 70.5 Å². The van der Waals surface area contributed by atoms with Gasteiger partial charge in [-0.3, -0.25) is 10.1 Å². The molecule has 9 nitrogen and oxygen atoms in total. The number of hydrogen-bond donors (Lipinski definition) is 1. The molecule has 0 aliphatic carbocycles. The molecule has 4 heterocycles. The summed E-state index contributed by atoms with van der Waals surface area (Å²) in [5, 5.41) is 2.81. The van der Waals surface area contributed by atoms with Gasteiger partial charge in [0.1, 0.15) is 11.5 Å². The van der Waals surface area contributed by atoms with Crippen molar-refractivity contribution >= 4 is 23.6 Å². The summed E-state index contributed by atoms with van der Waals surface area (Å²) in [6.45, 7) is 9.39. The topological polar surface area (TPSA) is 90.4 Å². The molecule has 12 heteroatoms. The van der Waals surface area contributed by atoms with Gasteiger partial charge in [-0.05, 0) is 19.5 Å². The number of fused-ring (bicyclic) bond motifs is 1. The van der Waals surface area contributed by atoms with Crippen molar-refractivity contribution in [3.63, 3.8) is 0 Å². The van der Waals surface area contributed by atoms with Crippen molar-refractivity contribution in [2.75, 3.05) is 54.9 Å². The van der Waals surface area contributed by atoms with E-state index in [-0.39, 0.29) is 24.3 Å². The molecule has 34 heavy (non-hydrogen) atoms. The highest BCUT2D eigenvalue weighted by Gasteiger charge is 2.34. The molecule has 1 fully saturated rings. The molecule has 0 bridgehead atoms. The average molecular weight is 479 g/mol. The van der Waals surface area contributed by atoms with E-state index in [1.54, 1.807) is 25.7 Å². The molecular weight excluding hydrogens is 449 g/mol. The molecule has 0 atom stereocenters. The molecule has 4 rings (SSSR count). The van der Waals surface area contributed by atoms with Crippen LogP contribution in [0.2, 0.25) is 0 Å². The highest BCUT2D eigenvalue weighted by Crippen LogP contribution is 2.32. The summed E-state index contributed by atoms with van der Waals surface area (Å²) < 4.78 is 39.5. The maximum atomic E-state index is 13.2. The molecule has 2 aliphatic heterocycles. The number of amides is 1. The molecule has 0 spiro atoms. The first-order valence-corrected chi connectivity index (χ1v) is 11.2. The van der Waals surface area contributed by atoms with Gasteiger partial charge in [-0.15, -0.1) is 0 Å². The molecule has 2 aromatic rings. The number of anilines is 3. The van der Waals surface area contributed by atoms with Crippen molar-refractivity contribution < 1.29 is 18.0 Å². The van der Waals surface area contributed by atoms with Crippen molar-refractivity contribution in [3.8, 4) is 0 Å². The van der Waals surface area contributed by atoms with Crippen LogP contribution in [0.15, 0.2) is 12.3 Å². The smallest absolute Gasteiger partial charge is 0.354 e. The Balaban J connectivity index is 1.68. The van der Waals surface area contributed by atoms with E-state index >= 15 is 0 Å². The Hall–Kier alpha value is -3.02. The number of rotatable bonds is 3. The monoisotopic (exact) mass is 478 g/mol. The summed E-state index contributed by atoms with van der Waals surface area (Å²) in [5.74, 6) is 0.748. The van der Waals surface area contributed by atoms with Crippen LogP contribution in [0.5, 0.6) is 0 Å². The van der Waals surface area contributed by atoms with Crippen LogP contribution in [-0.2, 0) is 23.9 Å². The van der Waals surface area contributed by atoms with E-state index in [0.717, 1.165) is 49.8 Å². The second kappa shape index (κ2) is 8.97. The van der Waals surface area contributed by atoms with E-state index in [9.17, 15) is 18.0 Å². The summed E-state index contributed by atoms with van der Waals surface area (Å²) in [6, 6.07) is 0.856. The van der Waals surface area contributed by atoms with E-state index in [4.69, 9.17) is 4.98 Å². The van der Waals surface area contributed by atoms with E-state index in [1.165, 1.54) is 0 Å². The largest absolute Gasteiger partial charge is 0.433 e. The lowest BCUT2D eigenvalue weighted by molar-refractivity contribution is -0.141. The summed E-state index contributed by atoms with van der Waals surface area (Å²) in [4.78, 5) is 35.8. The normalized spacial score (nSPS) is 17.5. The SMILES string of the molecule is CN1CCN(c2nc(NC(=O)C(C)(C)C)nc3c2CCN(c2nccc(C(F)(F)F)n2)C3)CC1. The molecule has 184 valence electrons. The van der Waals surface area contributed by atoms with Gasteiger partial charge in [-0.1, -0.05) is 20.8 Å². The zero-order valence-electron chi connectivity index (χ0n) is 19.8. The summed E-state index contributed by atoms with van der Waals surface area (Å²) in [7, 11) is 2.06. The van der Waals surface area contributed by atoms with Crippen LogP contribution in [0.4, 0.5) is 30.9 Å². The van der Waals surface area contributed by atoms with Gasteiger partial charge >= 0.3 is 6.18 Å². The Morgan fingerprint density at radius 3 is 2.35 bits per heavy atom. The number of piperazine rings is 1. The quantitative estimate of drug-likeness (QED) is 0.720. The third-order valence-electron chi connectivity index (χ3n) is 5.97. The number of hydrogen-bond acceptors (Lipinski definition) is 8. The van der Waals surface area contributed by atoms with Crippen LogP contribution in [0.25, 0.3) is 0 Å². The molecule has 1 saturated heterocycles. The molecule has 0 aromatic carbocycles. The highest BCUT2D eigenvalue weighted by atomic mass is 19.4. The maximum Gasteiger partial charge on any atom is 0.433 e. The van der Waals surface area contributed by atoms with Crippen molar-refractivity contribution in [3.05, 3.63) is 29.2 Å². The van der Waals surface area contributed by atoms with Gasteiger partial charge in [0.2, 0.25) is 17.8 Å². The first-order valence-electron chi connectivity index (χ1n) is 11.2. The highest BCUT2D eigenvalue weighted by molar-refractivity contribution is 5.93. The van der Waals surface area contributed by atoms with Gasteiger partial charge < -0.3 is 14.7 Å². The molecule has 0 unspecified atom stereocenters. The second-order valence-electron chi connectivity index (χ2n) is 9.70. The van der Waals surface area contributed by atoms with Crippen LogP contribution >= 0.6 is 0 Å². The number of carbonyl (C=O) groups excluding carboxylic acids is 1. The van der Waals surface area contributed by atoms with E-state index < -0.39 is 17.3 Å². The maximum absolute atomic E-state index is 13.2. The van der Waals surface area contributed by atoms with Gasteiger partial charge in [0.15, 0.2) is 0 Å². The lowest BCUT2D eigenvalue weighted by atomic mass is 9.96. The van der Waals surface area contributed by atoms with Crippen LogP contribution in [0, 0.1) is 5.41 Å². The standard InChI is InChI=1S/C22H29F3N8O/c1-21(2,3)18(34)30-19-27-15-13-33(20-26-7-5-16(28-20)22(23,24)25)8-6-14(15)17(29-19)32-11-9-31(4)10-12-32/h5,7H,6,8-13H2,1-4H3,(H,27,29,30,34). The number of aromatic nitrogens is 4. The number of nitrogens with zero attached hydrogens (tertiary/aromatic N) is 7. The van der Waals surface area contributed by atoms with Gasteiger partial charge in [-0.25, -0.2) is 15.0 Å². The minimum Gasteiger partial charge on any atom is -0.354 e. The third kappa shape index (κ3) is 5.21. The fourth-order valence-corrected chi connectivity index (χ4v) is 3.86. The predicted molar refractivity (Wildman–Crippen MR) is 122 cm³/mol. The zero-order chi connectivity index (χ0) is 24.7. The Morgan fingerprint density at radius 2 is 1.71 bits per heavy atom. The van der Waals surface area contributed by atoms with Gasteiger partial charge in [0, 0.05) is 49.9 Å². The average Bonchev–Trinajstić information content (AvgIpc) is 2.77. The van der Waals surface area contributed by atoms with Gasteiger partial charge in [0.25, 0.3) is 0 Å². The van der Waals surface area contributed by atoms with Crippen molar-refractivity contribution in [1.82, 2.24) is 24.8 Å². The number of carbonyl (C=O) groups is 1. The molecular formula is C22H29F3N8O. The third-order valence-corrected chi connectivity index (χ3v) is 5.97. The molecule has 1 amide bonds. The first-order chi connectivity index (χ1) is 15.9. The minimum absolute atomic E-state index is 0.000474. The lowest BCUT2D eigenvalue weighted by Gasteiger charge is -2.36. The van der Waals surface area contributed by atoms with Gasteiger partial charge in [-0.2, -0.15) is 18.2 Å². The van der Waals surface area contributed by atoms with Crippen LogP contribution < -0.4 is 15.1 Å². The Labute approximate surface area is 196 Å². The lowest BCUT2D eigenvalue weighted by Crippen LogP contribution is -2.46. The fourth-order valence-electron chi connectivity index (χ4n) is 3.86.